The van der Waals surface area contributed by atoms with Crippen molar-refractivity contribution >= 4 is 11.9 Å². The summed E-state index contributed by atoms with van der Waals surface area (Å²) in [4.78, 5) is 22.7. The summed E-state index contributed by atoms with van der Waals surface area (Å²) in [5.74, 6) is -0.335. The first-order chi connectivity index (χ1) is 14.0. The largest absolute Gasteiger partial charge is 0.391 e. The van der Waals surface area contributed by atoms with E-state index in [4.69, 9.17) is 5.73 Å². The highest BCUT2D eigenvalue weighted by molar-refractivity contribution is 5.95. The predicted molar refractivity (Wildman–Crippen MR) is 108 cm³/mol. The van der Waals surface area contributed by atoms with Gasteiger partial charge in [0.25, 0.3) is 5.91 Å². The molecule has 1 aromatic carbocycles. The molecule has 2 aromatic rings. The van der Waals surface area contributed by atoms with Crippen LogP contribution in [0.1, 0.15) is 42.5 Å². The van der Waals surface area contributed by atoms with Crippen LogP contribution in [0.15, 0.2) is 30.5 Å². The summed E-state index contributed by atoms with van der Waals surface area (Å²) in [5, 5.41) is 12.9. The number of carbonyl (C=O) groups is 1. The Morgan fingerprint density at radius 2 is 2.03 bits per heavy atom. The Morgan fingerprint density at radius 3 is 2.76 bits per heavy atom. The number of rotatable bonds is 4. The summed E-state index contributed by atoms with van der Waals surface area (Å²) in [6.45, 7) is 0.843. The molecule has 0 radical (unpaired) electrons. The van der Waals surface area contributed by atoms with Crippen LogP contribution in [0.3, 0.4) is 0 Å². The van der Waals surface area contributed by atoms with Gasteiger partial charge in [0.1, 0.15) is 5.69 Å². The molecule has 4 rings (SSSR count). The predicted octanol–water partition coefficient (Wildman–Crippen LogP) is 2.17. The first-order valence-electron chi connectivity index (χ1n) is 10.1. The topological polar surface area (TPSA) is 104 Å². The lowest BCUT2D eigenvalue weighted by Gasteiger charge is -2.26. The van der Waals surface area contributed by atoms with Gasteiger partial charge in [0.05, 0.1) is 12.3 Å². The van der Waals surface area contributed by atoms with Crippen LogP contribution in [0.4, 0.5) is 10.3 Å². The van der Waals surface area contributed by atoms with E-state index in [2.05, 4.69) is 15.3 Å². The fourth-order valence-corrected chi connectivity index (χ4v) is 3.99. The summed E-state index contributed by atoms with van der Waals surface area (Å²) in [5.41, 5.74) is 7.07. The summed E-state index contributed by atoms with van der Waals surface area (Å²) in [7, 11) is 0. The van der Waals surface area contributed by atoms with Gasteiger partial charge in [-0.2, -0.15) is 0 Å². The maximum atomic E-state index is 14.5. The van der Waals surface area contributed by atoms with Gasteiger partial charge in [-0.15, -0.1) is 0 Å². The number of carbonyl (C=O) groups excluding carboxylic acids is 1. The van der Waals surface area contributed by atoms with Crippen LogP contribution in [0, 0.1) is 5.82 Å². The summed E-state index contributed by atoms with van der Waals surface area (Å²) >= 11 is 0. The van der Waals surface area contributed by atoms with Gasteiger partial charge in [-0.3, -0.25) is 4.79 Å². The van der Waals surface area contributed by atoms with Gasteiger partial charge < -0.3 is 21.1 Å². The Morgan fingerprint density at radius 1 is 1.24 bits per heavy atom. The number of aromatic nitrogens is 2. The molecule has 1 aliphatic heterocycles. The number of hydrogen-bond acceptors (Lipinski definition) is 6. The van der Waals surface area contributed by atoms with Crippen molar-refractivity contribution in [3.8, 4) is 11.3 Å². The number of aliphatic hydroxyl groups excluding tert-OH is 1. The van der Waals surface area contributed by atoms with Crippen molar-refractivity contribution < 1.29 is 14.3 Å². The van der Waals surface area contributed by atoms with Gasteiger partial charge in [0.15, 0.2) is 5.82 Å². The minimum Gasteiger partial charge on any atom is -0.391 e. The van der Waals surface area contributed by atoms with E-state index in [-0.39, 0.29) is 23.7 Å². The van der Waals surface area contributed by atoms with Gasteiger partial charge in [0.2, 0.25) is 5.95 Å². The molecule has 154 valence electrons. The smallest absolute Gasteiger partial charge is 0.253 e. The van der Waals surface area contributed by atoms with E-state index in [0.717, 1.165) is 31.9 Å². The van der Waals surface area contributed by atoms with Crippen molar-refractivity contribution in [1.29, 1.82) is 0 Å². The second-order valence-corrected chi connectivity index (χ2v) is 7.92. The van der Waals surface area contributed by atoms with Crippen LogP contribution in [0.25, 0.3) is 11.3 Å². The molecule has 2 aliphatic rings. The normalized spacial score (nSPS) is 24.5. The highest BCUT2D eigenvalue weighted by atomic mass is 19.1. The Balaban J connectivity index is 1.54. The van der Waals surface area contributed by atoms with Crippen LogP contribution >= 0.6 is 0 Å². The maximum absolute atomic E-state index is 14.5. The second-order valence-electron chi connectivity index (χ2n) is 7.92. The van der Waals surface area contributed by atoms with E-state index in [1.165, 1.54) is 0 Å². The highest BCUT2D eigenvalue weighted by Crippen LogP contribution is 2.25. The molecular formula is C21H26FN5O2. The fourth-order valence-electron chi connectivity index (χ4n) is 3.99. The molecule has 4 N–H and O–H groups in total. The molecule has 0 unspecified atom stereocenters. The van der Waals surface area contributed by atoms with Crippen LogP contribution in [0.2, 0.25) is 0 Å². The number of amides is 1. The molecule has 2 fully saturated rings. The average molecular weight is 399 g/mol. The standard InChI is InChI=1S/C21H26FN5O2/c22-18-11-24-21(25-16-6-4-15(23)5-7-16)26-19(18)13-2-1-3-14(10-13)20(29)27-9-8-17(28)12-27/h1-3,10-11,15-17,28H,4-9,12,23H2,(H,24,25,26)/t15?,16?,17-/m0/s1. The SMILES string of the molecule is NC1CCC(Nc2ncc(F)c(-c3cccc(C(=O)N4CC[C@H](O)C4)c3)n2)CC1. The molecule has 8 heteroatoms. The number of benzene rings is 1. The van der Waals surface area contributed by atoms with Crippen molar-refractivity contribution in [2.75, 3.05) is 18.4 Å². The Bertz CT molecular complexity index is 885. The molecule has 1 amide bonds. The molecule has 29 heavy (non-hydrogen) atoms. The number of halogens is 1. The van der Waals surface area contributed by atoms with Crippen molar-refractivity contribution in [2.24, 2.45) is 5.73 Å². The maximum Gasteiger partial charge on any atom is 0.253 e. The number of nitrogens with zero attached hydrogens (tertiary/aromatic N) is 3. The monoisotopic (exact) mass is 399 g/mol. The van der Waals surface area contributed by atoms with Gasteiger partial charge >= 0.3 is 0 Å². The quantitative estimate of drug-likeness (QED) is 0.728. The van der Waals surface area contributed by atoms with Gasteiger partial charge in [-0.05, 0) is 44.2 Å². The number of nitrogens with two attached hydrogens (primary N) is 1. The molecule has 7 nitrogen and oxygen atoms in total. The molecule has 1 aromatic heterocycles. The molecule has 1 saturated carbocycles. The van der Waals surface area contributed by atoms with E-state index >= 15 is 0 Å². The molecule has 1 saturated heterocycles. The van der Waals surface area contributed by atoms with Gasteiger partial charge in [-0.1, -0.05) is 12.1 Å². The minimum atomic E-state index is -0.539. The molecule has 2 heterocycles. The van der Waals surface area contributed by atoms with Crippen LogP contribution in [-0.2, 0) is 0 Å². The fraction of sp³-hybridized carbons (Fsp3) is 0.476. The van der Waals surface area contributed by atoms with Gasteiger partial charge in [-0.25, -0.2) is 14.4 Å². The highest BCUT2D eigenvalue weighted by Gasteiger charge is 2.26. The third-order valence-electron chi connectivity index (χ3n) is 5.68. The average Bonchev–Trinajstić information content (AvgIpc) is 3.17. The Hall–Kier alpha value is -2.58. The minimum absolute atomic E-state index is 0.158. The third-order valence-corrected chi connectivity index (χ3v) is 5.68. The lowest BCUT2D eigenvalue weighted by Crippen LogP contribution is -2.33. The molecular weight excluding hydrogens is 373 g/mol. The van der Waals surface area contributed by atoms with Gasteiger partial charge in [0, 0.05) is 36.3 Å². The molecule has 0 bridgehead atoms. The van der Waals surface area contributed by atoms with Crippen molar-refractivity contribution in [1.82, 2.24) is 14.9 Å². The van der Waals surface area contributed by atoms with E-state index in [9.17, 15) is 14.3 Å². The number of β-amino-alcohol motifs (C(OH)–C–C–N with tert-alkyl or cyclic N) is 1. The molecule has 0 spiro atoms. The number of anilines is 1. The summed E-state index contributed by atoms with van der Waals surface area (Å²) in [6.07, 6.45) is 5.01. The van der Waals surface area contributed by atoms with Crippen molar-refractivity contribution in [3.05, 3.63) is 41.8 Å². The summed E-state index contributed by atoms with van der Waals surface area (Å²) < 4.78 is 14.5. The number of likely N-dealkylation sites (tertiary alicyclic amines) is 1. The number of nitrogens with one attached hydrogen (secondary N) is 1. The molecule has 1 atom stereocenters. The number of aliphatic hydroxyl groups is 1. The third kappa shape index (κ3) is 4.54. The lowest BCUT2D eigenvalue weighted by molar-refractivity contribution is 0.0765. The zero-order valence-corrected chi connectivity index (χ0v) is 16.2. The Labute approximate surface area is 169 Å². The summed E-state index contributed by atoms with van der Waals surface area (Å²) in [6, 6.07) is 7.25. The first-order valence-corrected chi connectivity index (χ1v) is 10.1. The van der Waals surface area contributed by atoms with E-state index in [1.54, 1.807) is 29.2 Å². The molecule has 1 aliphatic carbocycles. The van der Waals surface area contributed by atoms with E-state index in [0.29, 0.717) is 36.6 Å². The first kappa shape index (κ1) is 19.7. The van der Waals surface area contributed by atoms with E-state index in [1.807, 2.05) is 0 Å². The van der Waals surface area contributed by atoms with Crippen molar-refractivity contribution in [2.45, 2.75) is 50.3 Å². The van der Waals surface area contributed by atoms with Crippen molar-refractivity contribution in [3.63, 3.8) is 0 Å². The van der Waals surface area contributed by atoms with Crippen LogP contribution in [0.5, 0.6) is 0 Å². The second kappa shape index (κ2) is 8.42. The van der Waals surface area contributed by atoms with Crippen LogP contribution < -0.4 is 11.1 Å². The zero-order chi connectivity index (χ0) is 20.4. The lowest BCUT2D eigenvalue weighted by atomic mass is 9.92. The Kier molecular flexibility index (Phi) is 5.73. The van der Waals surface area contributed by atoms with Crippen LogP contribution in [-0.4, -0.2) is 57.2 Å². The number of hydrogen-bond donors (Lipinski definition) is 3. The van der Waals surface area contributed by atoms with E-state index < -0.39 is 11.9 Å². The zero-order valence-electron chi connectivity index (χ0n) is 16.2.